The van der Waals surface area contributed by atoms with Crippen LogP contribution in [0.25, 0.3) is 17.1 Å². The van der Waals surface area contributed by atoms with Crippen LogP contribution >= 0.6 is 0 Å². The molecule has 5 heteroatoms. The number of aryl methyl sites for hydroxylation is 1. The summed E-state index contributed by atoms with van der Waals surface area (Å²) in [5, 5.41) is 4.21. The zero-order valence-corrected chi connectivity index (χ0v) is 8.71. The number of hydrogen-bond acceptors (Lipinski definition) is 4. The van der Waals surface area contributed by atoms with Gasteiger partial charge >= 0.3 is 6.01 Å². The van der Waals surface area contributed by atoms with Gasteiger partial charge < -0.3 is 10.2 Å². The summed E-state index contributed by atoms with van der Waals surface area (Å²) >= 11 is 0. The molecular weight excluding hydrogens is 204 g/mol. The van der Waals surface area contributed by atoms with Crippen LogP contribution in [0, 0.1) is 6.92 Å². The second kappa shape index (κ2) is 3.10. The van der Waals surface area contributed by atoms with Crippen LogP contribution < -0.4 is 5.73 Å². The minimum atomic E-state index is 0.395. The highest BCUT2D eigenvalue weighted by molar-refractivity contribution is 5.73. The van der Waals surface area contributed by atoms with Crippen molar-refractivity contribution in [3.63, 3.8) is 0 Å². The van der Waals surface area contributed by atoms with E-state index in [1.807, 2.05) is 31.2 Å². The summed E-state index contributed by atoms with van der Waals surface area (Å²) in [6.07, 6.45) is 0. The standard InChI is InChI=1S/C11H10N4O/c1-7-6-10(12)15(14-7)11-13-8-4-2-3-5-9(8)16-11/h2-6H,12H2,1H3. The molecule has 2 N–H and O–H groups in total. The van der Waals surface area contributed by atoms with Crippen LogP contribution in [0.5, 0.6) is 0 Å². The zero-order valence-electron chi connectivity index (χ0n) is 8.71. The Bertz CT molecular complexity index is 620. The van der Waals surface area contributed by atoms with Gasteiger partial charge in [-0.25, -0.2) is 0 Å². The van der Waals surface area contributed by atoms with Crippen LogP contribution in [0.4, 0.5) is 5.82 Å². The first-order valence-electron chi connectivity index (χ1n) is 4.92. The Labute approximate surface area is 91.5 Å². The molecule has 0 aliphatic heterocycles. The van der Waals surface area contributed by atoms with Crippen LogP contribution in [0.1, 0.15) is 5.69 Å². The lowest BCUT2D eigenvalue weighted by atomic mass is 10.3. The van der Waals surface area contributed by atoms with Gasteiger partial charge in [0, 0.05) is 6.07 Å². The van der Waals surface area contributed by atoms with E-state index in [1.165, 1.54) is 4.68 Å². The number of hydrogen-bond donors (Lipinski definition) is 1. The highest BCUT2D eigenvalue weighted by Gasteiger charge is 2.11. The first-order valence-corrected chi connectivity index (χ1v) is 4.92. The molecule has 0 radical (unpaired) electrons. The number of nitrogens with two attached hydrogens (primary N) is 1. The predicted octanol–water partition coefficient (Wildman–Crippen LogP) is 1.90. The van der Waals surface area contributed by atoms with Gasteiger partial charge in [-0.05, 0) is 19.1 Å². The molecule has 3 aromatic rings. The predicted molar refractivity (Wildman–Crippen MR) is 60.3 cm³/mol. The zero-order chi connectivity index (χ0) is 11.1. The van der Waals surface area contributed by atoms with E-state index in [9.17, 15) is 0 Å². The number of aromatic nitrogens is 3. The molecule has 0 aliphatic carbocycles. The van der Waals surface area contributed by atoms with Gasteiger partial charge in [0.05, 0.1) is 5.69 Å². The van der Waals surface area contributed by atoms with E-state index < -0.39 is 0 Å². The third-order valence-electron chi connectivity index (χ3n) is 2.32. The topological polar surface area (TPSA) is 69.9 Å². The quantitative estimate of drug-likeness (QED) is 0.671. The first-order chi connectivity index (χ1) is 7.74. The lowest BCUT2D eigenvalue weighted by Crippen LogP contribution is -2.01. The van der Waals surface area contributed by atoms with Crippen LogP contribution in [-0.4, -0.2) is 14.8 Å². The summed E-state index contributed by atoms with van der Waals surface area (Å²) in [4.78, 5) is 4.31. The van der Waals surface area contributed by atoms with Crippen molar-refractivity contribution in [3.05, 3.63) is 36.0 Å². The lowest BCUT2D eigenvalue weighted by Gasteiger charge is -1.95. The SMILES string of the molecule is Cc1cc(N)n(-c2nc3ccccc3o2)n1. The van der Waals surface area contributed by atoms with Crippen molar-refractivity contribution in [3.8, 4) is 6.01 Å². The molecule has 0 aliphatic rings. The van der Waals surface area contributed by atoms with E-state index in [2.05, 4.69) is 10.1 Å². The Morgan fingerprint density at radius 1 is 1.31 bits per heavy atom. The van der Waals surface area contributed by atoms with Crippen molar-refractivity contribution in [1.82, 2.24) is 14.8 Å². The van der Waals surface area contributed by atoms with Gasteiger partial charge in [-0.3, -0.25) is 0 Å². The molecule has 80 valence electrons. The Balaban J connectivity index is 2.22. The normalized spacial score (nSPS) is 11.1. The summed E-state index contributed by atoms with van der Waals surface area (Å²) in [5.41, 5.74) is 8.15. The van der Waals surface area contributed by atoms with Crippen molar-refractivity contribution in [1.29, 1.82) is 0 Å². The molecule has 0 bridgehead atoms. The van der Waals surface area contributed by atoms with Gasteiger partial charge in [-0.1, -0.05) is 12.1 Å². The molecule has 16 heavy (non-hydrogen) atoms. The number of nitrogen functional groups attached to an aromatic ring is 1. The first kappa shape index (κ1) is 8.96. The second-order valence-electron chi connectivity index (χ2n) is 3.59. The van der Waals surface area contributed by atoms with Gasteiger partial charge in [0.25, 0.3) is 0 Å². The molecule has 0 atom stereocenters. The summed E-state index contributed by atoms with van der Waals surface area (Å²) in [7, 11) is 0. The van der Waals surface area contributed by atoms with Gasteiger partial charge in [-0.15, -0.1) is 0 Å². The number of fused-ring (bicyclic) bond motifs is 1. The monoisotopic (exact) mass is 214 g/mol. The number of rotatable bonds is 1. The fourth-order valence-corrected chi connectivity index (χ4v) is 1.62. The maximum absolute atomic E-state index is 5.80. The van der Waals surface area contributed by atoms with E-state index in [-0.39, 0.29) is 0 Å². The molecular formula is C11H10N4O. The largest absolute Gasteiger partial charge is 0.422 e. The van der Waals surface area contributed by atoms with Gasteiger partial charge in [0.1, 0.15) is 11.3 Å². The van der Waals surface area contributed by atoms with Crippen LogP contribution in [-0.2, 0) is 0 Å². The third-order valence-corrected chi connectivity index (χ3v) is 2.32. The van der Waals surface area contributed by atoms with Crippen molar-refractivity contribution in [2.75, 3.05) is 5.73 Å². The molecule has 1 aromatic carbocycles. The molecule has 3 rings (SSSR count). The van der Waals surface area contributed by atoms with Gasteiger partial charge in [0.2, 0.25) is 0 Å². The smallest absolute Gasteiger partial charge is 0.325 e. The average molecular weight is 214 g/mol. The number of para-hydroxylation sites is 2. The third kappa shape index (κ3) is 1.25. The molecule has 2 heterocycles. The number of nitrogens with zero attached hydrogens (tertiary/aromatic N) is 3. The number of benzene rings is 1. The summed E-state index contributed by atoms with van der Waals surface area (Å²) in [6.45, 7) is 1.87. The fraction of sp³-hybridized carbons (Fsp3) is 0.0909. The van der Waals surface area contributed by atoms with Crippen molar-refractivity contribution in [2.45, 2.75) is 6.92 Å². The Morgan fingerprint density at radius 3 is 2.81 bits per heavy atom. The molecule has 5 nitrogen and oxygen atoms in total. The Kier molecular flexibility index (Phi) is 1.73. The summed E-state index contributed by atoms with van der Waals surface area (Å²) in [5.74, 6) is 0.518. The minimum Gasteiger partial charge on any atom is -0.422 e. The van der Waals surface area contributed by atoms with Gasteiger partial charge in [-0.2, -0.15) is 14.8 Å². The second-order valence-corrected chi connectivity index (χ2v) is 3.59. The van der Waals surface area contributed by atoms with Crippen LogP contribution in [0.3, 0.4) is 0 Å². The molecule has 0 unspecified atom stereocenters. The van der Waals surface area contributed by atoms with Crippen molar-refractivity contribution >= 4 is 16.9 Å². The molecule has 2 aromatic heterocycles. The molecule has 0 saturated heterocycles. The highest BCUT2D eigenvalue weighted by atomic mass is 16.4. The lowest BCUT2D eigenvalue weighted by molar-refractivity contribution is 0.545. The van der Waals surface area contributed by atoms with Crippen LogP contribution in [0.2, 0.25) is 0 Å². The molecule has 0 fully saturated rings. The van der Waals surface area contributed by atoms with E-state index >= 15 is 0 Å². The molecule has 0 saturated carbocycles. The summed E-state index contributed by atoms with van der Waals surface area (Å²) in [6, 6.07) is 9.72. The van der Waals surface area contributed by atoms with E-state index in [4.69, 9.17) is 10.2 Å². The highest BCUT2D eigenvalue weighted by Crippen LogP contribution is 2.19. The maximum atomic E-state index is 5.80. The fourth-order valence-electron chi connectivity index (χ4n) is 1.62. The van der Waals surface area contributed by atoms with E-state index in [0.29, 0.717) is 11.8 Å². The Hall–Kier alpha value is -2.30. The van der Waals surface area contributed by atoms with Crippen molar-refractivity contribution in [2.24, 2.45) is 0 Å². The Morgan fingerprint density at radius 2 is 2.12 bits per heavy atom. The summed E-state index contributed by atoms with van der Waals surface area (Å²) < 4.78 is 7.05. The minimum absolute atomic E-state index is 0.395. The van der Waals surface area contributed by atoms with Crippen LogP contribution in [0.15, 0.2) is 34.7 Å². The van der Waals surface area contributed by atoms with Crippen molar-refractivity contribution < 1.29 is 4.42 Å². The van der Waals surface area contributed by atoms with E-state index in [1.54, 1.807) is 6.07 Å². The van der Waals surface area contributed by atoms with Gasteiger partial charge in [0.15, 0.2) is 5.58 Å². The maximum Gasteiger partial charge on any atom is 0.325 e. The van der Waals surface area contributed by atoms with E-state index in [0.717, 1.165) is 16.8 Å². The number of anilines is 1. The molecule has 0 amide bonds. The number of oxazole rings is 1. The average Bonchev–Trinajstić information content (AvgIpc) is 2.81. The molecule has 0 spiro atoms.